The van der Waals surface area contributed by atoms with E-state index in [-0.39, 0.29) is 17.7 Å². The Morgan fingerprint density at radius 3 is 2.59 bits per heavy atom. The lowest BCUT2D eigenvalue weighted by molar-refractivity contribution is -0.129. The summed E-state index contributed by atoms with van der Waals surface area (Å²) in [5.41, 5.74) is 1.97. The number of hydrogen-bond acceptors (Lipinski definition) is 3. The van der Waals surface area contributed by atoms with Crippen molar-refractivity contribution in [3.63, 3.8) is 0 Å². The summed E-state index contributed by atoms with van der Waals surface area (Å²) in [6.45, 7) is 1.93. The molecule has 0 unspecified atom stereocenters. The first-order valence-electron chi connectivity index (χ1n) is 7.57. The molecule has 1 amide bonds. The number of nitrogens with zero attached hydrogens (tertiary/aromatic N) is 1. The molecule has 1 saturated heterocycles. The lowest BCUT2D eigenvalue weighted by Gasteiger charge is -2.17. The average molecular weight is 296 g/mol. The van der Waals surface area contributed by atoms with E-state index < -0.39 is 0 Å². The van der Waals surface area contributed by atoms with E-state index in [4.69, 9.17) is 0 Å². The number of hydrogen-bond donors (Lipinski definition) is 2. The van der Waals surface area contributed by atoms with Crippen LogP contribution in [-0.4, -0.2) is 28.5 Å². The SMILES string of the molecule is O=C1[C@H](NCc2ccccc2O)CCN1Cc1ccccc1. The van der Waals surface area contributed by atoms with Gasteiger partial charge in [-0.05, 0) is 18.1 Å². The molecule has 1 fully saturated rings. The molecule has 2 aromatic carbocycles. The van der Waals surface area contributed by atoms with Crippen LogP contribution in [0.25, 0.3) is 0 Å². The minimum absolute atomic E-state index is 0.138. The van der Waals surface area contributed by atoms with E-state index in [1.807, 2.05) is 47.4 Å². The zero-order valence-corrected chi connectivity index (χ0v) is 12.4. The number of nitrogens with one attached hydrogen (secondary N) is 1. The van der Waals surface area contributed by atoms with E-state index >= 15 is 0 Å². The first kappa shape index (κ1) is 14.6. The maximum atomic E-state index is 12.4. The van der Waals surface area contributed by atoms with E-state index in [9.17, 15) is 9.90 Å². The summed E-state index contributed by atoms with van der Waals surface area (Å²) in [6, 6.07) is 17.1. The van der Waals surface area contributed by atoms with Crippen molar-refractivity contribution in [2.45, 2.75) is 25.6 Å². The second-order valence-corrected chi connectivity index (χ2v) is 5.60. The number of phenolic OH excluding ortho intramolecular Hbond substituents is 1. The number of carbonyl (C=O) groups is 1. The molecule has 0 aliphatic carbocycles. The smallest absolute Gasteiger partial charge is 0.240 e. The summed E-state index contributed by atoms with van der Waals surface area (Å²) in [7, 11) is 0. The number of para-hydroxylation sites is 1. The monoisotopic (exact) mass is 296 g/mol. The van der Waals surface area contributed by atoms with Gasteiger partial charge in [0.2, 0.25) is 5.91 Å². The van der Waals surface area contributed by atoms with Crippen LogP contribution in [0.2, 0.25) is 0 Å². The number of benzene rings is 2. The van der Waals surface area contributed by atoms with Crippen LogP contribution >= 0.6 is 0 Å². The van der Waals surface area contributed by atoms with Crippen LogP contribution in [0.4, 0.5) is 0 Å². The zero-order valence-electron chi connectivity index (χ0n) is 12.4. The van der Waals surface area contributed by atoms with Crippen LogP contribution in [0.1, 0.15) is 17.5 Å². The van der Waals surface area contributed by atoms with Gasteiger partial charge in [0.05, 0.1) is 6.04 Å². The molecule has 22 heavy (non-hydrogen) atoms. The van der Waals surface area contributed by atoms with Crippen LogP contribution in [0.15, 0.2) is 54.6 Å². The number of carbonyl (C=O) groups excluding carboxylic acids is 1. The second kappa shape index (κ2) is 6.62. The highest BCUT2D eigenvalue weighted by molar-refractivity contribution is 5.83. The number of aromatic hydroxyl groups is 1. The summed E-state index contributed by atoms with van der Waals surface area (Å²) in [6.07, 6.45) is 0.805. The number of likely N-dealkylation sites (tertiary alicyclic amines) is 1. The number of amides is 1. The van der Waals surface area contributed by atoms with Gasteiger partial charge in [-0.3, -0.25) is 4.79 Å². The molecule has 3 rings (SSSR count). The van der Waals surface area contributed by atoms with Crippen LogP contribution in [-0.2, 0) is 17.9 Å². The van der Waals surface area contributed by atoms with E-state index in [0.29, 0.717) is 13.1 Å². The third-order valence-corrected chi connectivity index (χ3v) is 4.04. The number of phenols is 1. The summed E-state index contributed by atoms with van der Waals surface area (Å²) < 4.78 is 0. The van der Waals surface area contributed by atoms with Gasteiger partial charge in [0.1, 0.15) is 5.75 Å². The fourth-order valence-corrected chi connectivity index (χ4v) is 2.78. The van der Waals surface area contributed by atoms with Crippen LogP contribution in [0.5, 0.6) is 5.75 Å². The minimum atomic E-state index is -0.164. The molecule has 1 atom stereocenters. The summed E-state index contributed by atoms with van der Waals surface area (Å²) >= 11 is 0. The van der Waals surface area contributed by atoms with Gasteiger partial charge in [-0.1, -0.05) is 48.5 Å². The predicted octanol–water partition coefficient (Wildman–Crippen LogP) is 2.28. The molecule has 1 aliphatic heterocycles. The molecule has 0 bridgehead atoms. The quantitative estimate of drug-likeness (QED) is 0.890. The van der Waals surface area contributed by atoms with Crippen molar-refractivity contribution in [3.8, 4) is 5.75 Å². The van der Waals surface area contributed by atoms with Crippen molar-refractivity contribution in [2.24, 2.45) is 0 Å². The van der Waals surface area contributed by atoms with Crippen molar-refractivity contribution < 1.29 is 9.90 Å². The van der Waals surface area contributed by atoms with E-state index in [1.54, 1.807) is 12.1 Å². The van der Waals surface area contributed by atoms with Crippen LogP contribution in [0, 0.1) is 0 Å². The molecule has 4 heteroatoms. The molecule has 1 aliphatic rings. The Morgan fingerprint density at radius 2 is 1.82 bits per heavy atom. The molecule has 114 valence electrons. The lowest BCUT2D eigenvalue weighted by atomic mass is 10.1. The molecule has 2 aromatic rings. The van der Waals surface area contributed by atoms with Gasteiger partial charge in [-0.2, -0.15) is 0 Å². The molecular weight excluding hydrogens is 276 g/mol. The first-order valence-corrected chi connectivity index (χ1v) is 7.57. The fraction of sp³-hybridized carbons (Fsp3) is 0.278. The largest absolute Gasteiger partial charge is 0.508 e. The van der Waals surface area contributed by atoms with Gasteiger partial charge in [-0.15, -0.1) is 0 Å². The lowest BCUT2D eigenvalue weighted by Crippen LogP contribution is -2.37. The highest BCUT2D eigenvalue weighted by Gasteiger charge is 2.31. The van der Waals surface area contributed by atoms with Crippen molar-refractivity contribution in [1.82, 2.24) is 10.2 Å². The molecule has 0 aromatic heterocycles. The molecule has 1 heterocycles. The first-order chi connectivity index (χ1) is 10.7. The Kier molecular flexibility index (Phi) is 4.39. The van der Waals surface area contributed by atoms with Gasteiger partial charge in [0.15, 0.2) is 0 Å². The average Bonchev–Trinajstić information content (AvgIpc) is 2.88. The third-order valence-electron chi connectivity index (χ3n) is 4.04. The van der Waals surface area contributed by atoms with E-state index in [1.165, 1.54) is 0 Å². The second-order valence-electron chi connectivity index (χ2n) is 5.60. The van der Waals surface area contributed by atoms with Crippen molar-refractivity contribution in [3.05, 3.63) is 65.7 Å². The Morgan fingerprint density at radius 1 is 1.09 bits per heavy atom. The molecule has 0 saturated carbocycles. The Labute approximate surface area is 130 Å². The summed E-state index contributed by atoms with van der Waals surface area (Å²) in [4.78, 5) is 14.3. The van der Waals surface area contributed by atoms with Crippen molar-refractivity contribution in [2.75, 3.05) is 6.54 Å². The summed E-state index contributed by atoms with van der Waals surface area (Å²) in [5, 5.41) is 13.0. The maximum absolute atomic E-state index is 12.4. The Hall–Kier alpha value is -2.33. The van der Waals surface area contributed by atoms with Gasteiger partial charge >= 0.3 is 0 Å². The van der Waals surface area contributed by atoms with E-state index in [0.717, 1.165) is 24.1 Å². The van der Waals surface area contributed by atoms with Gasteiger partial charge in [0, 0.05) is 25.2 Å². The van der Waals surface area contributed by atoms with Crippen molar-refractivity contribution in [1.29, 1.82) is 0 Å². The fourth-order valence-electron chi connectivity index (χ4n) is 2.78. The molecular formula is C18H20N2O2. The van der Waals surface area contributed by atoms with Crippen molar-refractivity contribution >= 4 is 5.91 Å². The Bertz CT molecular complexity index is 643. The minimum Gasteiger partial charge on any atom is -0.508 e. The topological polar surface area (TPSA) is 52.6 Å². The standard InChI is InChI=1S/C18H20N2O2/c21-17-9-5-4-8-15(17)12-19-16-10-11-20(18(16)22)13-14-6-2-1-3-7-14/h1-9,16,19,21H,10-13H2/t16-/m1/s1. The normalized spacial score (nSPS) is 17.9. The third kappa shape index (κ3) is 3.28. The van der Waals surface area contributed by atoms with Gasteiger partial charge < -0.3 is 15.3 Å². The zero-order chi connectivity index (χ0) is 15.4. The molecule has 4 nitrogen and oxygen atoms in total. The van der Waals surface area contributed by atoms with Gasteiger partial charge in [0.25, 0.3) is 0 Å². The van der Waals surface area contributed by atoms with E-state index in [2.05, 4.69) is 5.32 Å². The Balaban J connectivity index is 1.56. The van der Waals surface area contributed by atoms with Crippen LogP contribution < -0.4 is 5.32 Å². The van der Waals surface area contributed by atoms with Gasteiger partial charge in [-0.25, -0.2) is 0 Å². The summed E-state index contributed by atoms with van der Waals surface area (Å²) in [5.74, 6) is 0.404. The molecule has 0 spiro atoms. The van der Waals surface area contributed by atoms with Crippen LogP contribution in [0.3, 0.4) is 0 Å². The predicted molar refractivity (Wildman–Crippen MR) is 85.2 cm³/mol. The maximum Gasteiger partial charge on any atom is 0.240 e. The highest BCUT2D eigenvalue weighted by atomic mass is 16.3. The molecule has 2 N–H and O–H groups in total. The number of rotatable bonds is 5. The molecule has 0 radical (unpaired) electrons. The highest BCUT2D eigenvalue weighted by Crippen LogP contribution is 2.18.